The monoisotopic (exact) mass is 1150 g/mol. The molecule has 0 N–H and O–H groups in total. The lowest BCUT2D eigenvalue weighted by Gasteiger charge is -2.27. The second-order valence-electron chi connectivity index (χ2n) is 22.9. The molecule has 88 heavy (non-hydrogen) atoms. The molecular weight excluding hydrogens is 1110 g/mol. The van der Waals surface area contributed by atoms with Crippen LogP contribution >= 0.6 is 22.7 Å². The Bertz CT molecular complexity index is 5820. The molecule has 0 saturated carbocycles. The zero-order valence-corrected chi connectivity index (χ0v) is 49.1. The van der Waals surface area contributed by atoms with E-state index in [2.05, 4.69) is 300 Å². The highest BCUT2D eigenvalue weighted by Crippen LogP contribution is 2.49. The van der Waals surface area contributed by atoms with Crippen molar-refractivity contribution in [3.05, 3.63) is 304 Å². The van der Waals surface area contributed by atoms with Gasteiger partial charge in [-0.1, -0.05) is 182 Å². The van der Waals surface area contributed by atoms with Gasteiger partial charge in [0.1, 0.15) is 9.66 Å². The number of fused-ring (bicyclic) bond motifs is 16. The van der Waals surface area contributed by atoms with Crippen LogP contribution in [0.1, 0.15) is 0 Å². The number of pyridine rings is 2. The molecule has 0 unspecified atom stereocenters. The zero-order valence-electron chi connectivity index (χ0n) is 47.5. The van der Waals surface area contributed by atoms with E-state index in [9.17, 15) is 0 Å². The van der Waals surface area contributed by atoms with Crippen LogP contribution in [0.5, 0.6) is 0 Å². The predicted octanol–water partition coefficient (Wildman–Crippen LogP) is 24.1. The molecule has 4 nitrogen and oxygen atoms in total. The van der Waals surface area contributed by atoms with Crippen LogP contribution in [-0.2, 0) is 0 Å². The van der Waals surface area contributed by atoms with Gasteiger partial charge >= 0.3 is 0 Å². The van der Waals surface area contributed by atoms with Crippen LogP contribution in [0.3, 0.4) is 0 Å². The summed E-state index contributed by atoms with van der Waals surface area (Å²) in [4.78, 5) is 16.5. The average Bonchev–Trinajstić information content (AvgIpc) is 1.82. The first-order chi connectivity index (χ1) is 43.6. The molecule has 0 radical (unpaired) electrons. The van der Waals surface area contributed by atoms with E-state index in [1.165, 1.54) is 124 Å². The number of rotatable bonds is 9. The number of thiophene rings is 2. The molecule has 0 aliphatic heterocycles. The normalized spacial score (nSPS) is 11.9. The number of aromatic nitrogens is 2. The minimum Gasteiger partial charge on any atom is -0.310 e. The summed E-state index contributed by atoms with van der Waals surface area (Å²) in [5.41, 5.74) is 13.7. The first-order valence-corrected chi connectivity index (χ1v) is 31.5. The maximum atomic E-state index is 4.98. The van der Waals surface area contributed by atoms with E-state index in [0.29, 0.717) is 0 Å². The van der Waals surface area contributed by atoms with E-state index in [4.69, 9.17) is 4.98 Å². The van der Waals surface area contributed by atoms with Gasteiger partial charge in [0.15, 0.2) is 0 Å². The number of para-hydroxylation sites is 2. The van der Waals surface area contributed by atoms with Crippen molar-refractivity contribution in [1.29, 1.82) is 0 Å². The van der Waals surface area contributed by atoms with Gasteiger partial charge in [0.25, 0.3) is 0 Å². The SMILES string of the molecule is c1ccc(N(c2ccc(-c3ccc4c(ccc5ccc6cc(-c7ccc(N(c8ccccc8)c8ccc(-c9ccc%10c(ccc%11c%12ccccc%12ccc%10%11)c9)cc8)c8sc9ncccc9c78)ccc6c54)c3)cc2)c2ccc3c(c2)sc2ncccc23)cc1. The number of hydrogen-bond acceptors (Lipinski definition) is 6. The van der Waals surface area contributed by atoms with Crippen LogP contribution < -0.4 is 9.80 Å². The van der Waals surface area contributed by atoms with Crippen LogP contribution in [0.2, 0.25) is 0 Å². The van der Waals surface area contributed by atoms with Crippen molar-refractivity contribution in [3.8, 4) is 33.4 Å². The second kappa shape index (κ2) is 20.3. The van der Waals surface area contributed by atoms with E-state index in [0.717, 1.165) is 49.2 Å². The minimum absolute atomic E-state index is 1.02. The smallest absolute Gasteiger partial charge is 0.124 e. The second-order valence-corrected chi connectivity index (χ2v) is 24.9. The van der Waals surface area contributed by atoms with Crippen LogP contribution in [-0.4, -0.2) is 9.97 Å². The molecule has 14 aromatic carbocycles. The largest absolute Gasteiger partial charge is 0.310 e. The molecule has 0 saturated heterocycles. The van der Waals surface area contributed by atoms with Gasteiger partial charge in [-0.25, -0.2) is 9.97 Å². The molecule has 0 bridgehead atoms. The lowest BCUT2D eigenvalue weighted by molar-refractivity contribution is 1.29. The highest BCUT2D eigenvalue weighted by atomic mass is 32.1. The molecule has 0 spiro atoms. The van der Waals surface area contributed by atoms with E-state index in [1.54, 1.807) is 22.7 Å². The summed E-state index contributed by atoms with van der Waals surface area (Å²) in [5, 5.41) is 19.9. The van der Waals surface area contributed by atoms with E-state index < -0.39 is 0 Å². The highest BCUT2D eigenvalue weighted by molar-refractivity contribution is 7.26. The van der Waals surface area contributed by atoms with Gasteiger partial charge in [-0.3, -0.25) is 0 Å². The molecule has 6 heteroatoms. The van der Waals surface area contributed by atoms with Gasteiger partial charge < -0.3 is 9.80 Å². The lowest BCUT2D eigenvalue weighted by atomic mass is 9.92. The molecule has 0 amide bonds. The summed E-state index contributed by atoms with van der Waals surface area (Å²) < 4.78 is 2.42. The van der Waals surface area contributed by atoms with E-state index in [-0.39, 0.29) is 0 Å². The van der Waals surface area contributed by atoms with Gasteiger partial charge in [-0.15, -0.1) is 22.7 Å². The molecule has 18 rings (SSSR count). The summed E-state index contributed by atoms with van der Waals surface area (Å²) >= 11 is 3.51. The Morgan fingerprint density at radius 2 is 0.716 bits per heavy atom. The van der Waals surface area contributed by atoms with Crippen molar-refractivity contribution >= 4 is 162 Å². The number of benzene rings is 14. The minimum atomic E-state index is 1.02. The first-order valence-electron chi connectivity index (χ1n) is 29.8. The quantitative estimate of drug-likeness (QED) is 0.135. The van der Waals surface area contributed by atoms with Crippen molar-refractivity contribution in [2.45, 2.75) is 0 Å². The number of hydrogen-bond donors (Lipinski definition) is 0. The Labute approximate surface area is 515 Å². The van der Waals surface area contributed by atoms with Gasteiger partial charge in [-0.05, 0) is 207 Å². The zero-order chi connectivity index (χ0) is 57.8. The molecule has 0 fully saturated rings. The van der Waals surface area contributed by atoms with Gasteiger partial charge in [0, 0.05) is 67.1 Å². The average molecular weight is 1160 g/mol. The predicted molar refractivity (Wildman–Crippen MR) is 379 cm³/mol. The van der Waals surface area contributed by atoms with Gasteiger partial charge in [0.2, 0.25) is 0 Å². The third-order valence-electron chi connectivity index (χ3n) is 17.9. The van der Waals surface area contributed by atoms with Crippen molar-refractivity contribution < 1.29 is 0 Å². The van der Waals surface area contributed by atoms with Crippen molar-refractivity contribution in [2.24, 2.45) is 0 Å². The van der Waals surface area contributed by atoms with E-state index in [1.807, 2.05) is 18.5 Å². The topological polar surface area (TPSA) is 32.3 Å². The van der Waals surface area contributed by atoms with Crippen molar-refractivity contribution in [1.82, 2.24) is 9.97 Å². The number of anilines is 6. The van der Waals surface area contributed by atoms with Crippen molar-refractivity contribution in [2.75, 3.05) is 9.80 Å². The van der Waals surface area contributed by atoms with Gasteiger partial charge in [-0.2, -0.15) is 0 Å². The Morgan fingerprint density at radius 3 is 1.41 bits per heavy atom. The maximum Gasteiger partial charge on any atom is 0.124 e. The van der Waals surface area contributed by atoms with Crippen LogP contribution in [0.25, 0.3) is 139 Å². The molecule has 410 valence electrons. The maximum absolute atomic E-state index is 4.98. The molecule has 0 aliphatic rings. The van der Waals surface area contributed by atoms with E-state index >= 15 is 0 Å². The van der Waals surface area contributed by atoms with Crippen LogP contribution in [0.15, 0.2) is 304 Å². The Morgan fingerprint density at radius 1 is 0.250 bits per heavy atom. The third kappa shape index (κ3) is 8.25. The van der Waals surface area contributed by atoms with Crippen LogP contribution in [0.4, 0.5) is 34.1 Å². The van der Waals surface area contributed by atoms with Crippen LogP contribution in [0, 0.1) is 0 Å². The summed E-state index contributed by atoms with van der Waals surface area (Å²) in [7, 11) is 0. The summed E-state index contributed by atoms with van der Waals surface area (Å²) in [5.74, 6) is 0. The molecule has 18 aromatic rings. The summed E-state index contributed by atoms with van der Waals surface area (Å²) in [6.07, 6.45) is 3.79. The summed E-state index contributed by atoms with van der Waals surface area (Å²) in [6, 6.07) is 107. The fraction of sp³-hybridized carbons (Fsp3) is 0. The molecule has 4 aromatic heterocycles. The Kier molecular flexibility index (Phi) is 11.6. The Hall–Kier alpha value is -11.0. The molecule has 0 atom stereocenters. The highest BCUT2D eigenvalue weighted by Gasteiger charge is 2.23. The fourth-order valence-corrected chi connectivity index (χ4v) is 16.0. The first kappa shape index (κ1) is 50.3. The van der Waals surface area contributed by atoms with Crippen molar-refractivity contribution in [3.63, 3.8) is 0 Å². The molecular formula is C82H50N4S2. The molecule has 4 heterocycles. The Balaban J connectivity index is 0.686. The molecule has 0 aliphatic carbocycles. The number of nitrogens with zero attached hydrogens (tertiary/aromatic N) is 4. The van der Waals surface area contributed by atoms with Gasteiger partial charge in [0.05, 0.1) is 10.4 Å². The lowest BCUT2D eigenvalue weighted by Crippen LogP contribution is -2.10. The summed E-state index contributed by atoms with van der Waals surface area (Å²) in [6.45, 7) is 0. The fourth-order valence-electron chi connectivity index (χ4n) is 13.7. The standard InChI is InChI=1S/C82H50N4S2/c1-3-12-61(13-4-1)85(65-36-42-73-74-17-9-45-83-81(74)87-77(73)50-65)63-32-23-51(24-33-63)56-29-38-68-58(48-56)21-19-54-20-22-59-49-60(30-39-69(59)78(54)68)70-43-44-76(80-79(70)75-18-10-46-84-82(75)88-80)86(62-14-5-2-6-15-62)64-34-25-52(26-35-64)55-28-37-67-57(47-55)31-41-71-66-16-8-7-11-53(66)27-40-72(67)71/h1-50H. The third-order valence-corrected chi connectivity index (χ3v) is 20.1.